The Bertz CT molecular complexity index is 868. The highest BCUT2D eigenvalue weighted by Gasteiger charge is 2.22. The number of benzene rings is 2. The molecule has 2 N–H and O–H groups in total. The van der Waals surface area contributed by atoms with Gasteiger partial charge in [0.25, 0.3) is 11.8 Å². The van der Waals surface area contributed by atoms with E-state index in [0.717, 1.165) is 12.1 Å². The van der Waals surface area contributed by atoms with Crippen molar-refractivity contribution in [1.29, 1.82) is 0 Å². The number of hydrazine groups is 1. The molecule has 1 saturated heterocycles. The Morgan fingerprint density at radius 1 is 1.07 bits per heavy atom. The van der Waals surface area contributed by atoms with Crippen LogP contribution in [-0.2, 0) is 9.59 Å². The summed E-state index contributed by atoms with van der Waals surface area (Å²) < 4.78 is 18.3. The summed E-state index contributed by atoms with van der Waals surface area (Å²) in [4.78, 5) is 37.7. The molecular weight excluding hydrogens is 365 g/mol. The molecule has 7 nitrogen and oxygen atoms in total. The average molecular weight is 385 g/mol. The van der Waals surface area contributed by atoms with Crippen LogP contribution < -0.4 is 20.5 Å². The standard InChI is InChI=1S/C20H20FN3O4/c1-13(28-17-10-6-15(21)7-11-17)19(26)22-23-20(27)14-4-8-16(9-5-14)24-12-2-3-18(24)25/h4-11,13H,2-3,12H2,1H3,(H,22,26)(H,23,27)/t13-/m0/s1. The molecule has 0 spiro atoms. The van der Waals surface area contributed by atoms with Gasteiger partial charge >= 0.3 is 0 Å². The lowest BCUT2D eigenvalue weighted by Gasteiger charge is -2.16. The van der Waals surface area contributed by atoms with Crippen molar-refractivity contribution in [2.24, 2.45) is 0 Å². The average Bonchev–Trinajstić information content (AvgIpc) is 3.13. The van der Waals surface area contributed by atoms with Crippen molar-refractivity contribution >= 4 is 23.4 Å². The summed E-state index contributed by atoms with van der Waals surface area (Å²) in [6, 6.07) is 11.8. The third-order valence-corrected chi connectivity index (χ3v) is 4.31. The Balaban J connectivity index is 1.50. The van der Waals surface area contributed by atoms with Crippen molar-refractivity contribution in [2.45, 2.75) is 25.9 Å². The SMILES string of the molecule is C[C@H](Oc1ccc(F)cc1)C(=O)NNC(=O)c1ccc(N2CCCC2=O)cc1. The first kappa shape index (κ1) is 19.3. The second kappa shape index (κ2) is 8.51. The minimum absolute atomic E-state index is 0.0691. The van der Waals surface area contributed by atoms with E-state index < -0.39 is 23.7 Å². The predicted molar refractivity (Wildman–Crippen MR) is 100 cm³/mol. The first-order valence-corrected chi connectivity index (χ1v) is 8.87. The lowest BCUT2D eigenvalue weighted by molar-refractivity contribution is -0.128. The Morgan fingerprint density at radius 2 is 1.75 bits per heavy atom. The van der Waals surface area contributed by atoms with Crippen LogP contribution >= 0.6 is 0 Å². The molecule has 1 aliphatic heterocycles. The summed E-state index contributed by atoms with van der Waals surface area (Å²) in [7, 11) is 0. The van der Waals surface area contributed by atoms with Crippen molar-refractivity contribution in [1.82, 2.24) is 10.9 Å². The van der Waals surface area contributed by atoms with Crippen molar-refractivity contribution < 1.29 is 23.5 Å². The zero-order chi connectivity index (χ0) is 20.1. The van der Waals surface area contributed by atoms with Crippen LogP contribution in [0.25, 0.3) is 0 Å². The van der Waals surface area contributed by atoms with Crippen LogP contribution in [0.4, 0.5) is 10.1 Å². The van der Waals surface area contributed by atoms with Crippen LogP contribution in [-0.4, -0.2) is 30.4 Å². The second-order valence-electron chi connectivity index (χ2n) is 6.35. The highest BCUT2D eigenvalue weighted by Crippen LogP contribution is 2.21. The van der Waals surface area contributed by atoms with Gasteiger partial charge in [-0.05, 0) is 61.9 Å². The molecule has 3 amide bonds. The van der Waals surface area contributed by atoms with Crippen LogP contribution in [0.1, 0.15) is 30.1 Å². The van der Waals surface area contributed by atoms with Crippen molar-refractivity contribution in [3.8, 4) is 5.75 Å². The molecular formula is C20H20FN3O4. The molecule has 1 aliphatic rings. The molecule has 0 aliphatic carbocycles. The minimum atomic E-state index is -0.894. The molecule has 2 aromatic rings. The van der Waals surface area contributed by atoms with Crippen molar-refractivity contribution in [3.63, 3.8) is 0 Å². The smallest absolute Gasteiger partial charge is 0.279 e. The number of halogens is 1. The highest BCUT2D eigenvalue weighted by atomic mass is 19.1. The molecule has 1 fully saturated rings. The van der Waals surface area contributed by atoms with Gasteiger partial charge < -0.3 is 9.64 Å². The summed E-state index contributed by atoms with van der Waals surface area (Å²) in [6.07, 6.45) is 0.465. The first-order valence-electron chi connectivity index (χ1n) is 8.87. The monoisotopic (exact) mass is 385 g/mol. The number of anilines is 1. The highest BCUT2D eigenvalue weighted by molar-refractivity contribution is 5.98. The van der Waals surface area contributed by atoms with Gasteiger partial charge in [-0.3, -0.25) is 25.2 Å². The minimum Gasteiger partial charge on any atom is -0.481 e. The summed E-state index contributed by atoms with van der Waals surface area (Å²) in [5.41, 5.74) is 5.68. The molecule has 1 atom stereocenters. The van der Waals surface area contributed by atoms with E-state index in [1.54, 1.807) is 29.2 Å². The van der Waals surface area contributed by atoms with Crippen LogP contribution in [0.2, 0.25) is 0 Å². The van der Waals surface area contributed by atoms with Gasteiger partial charge in [-0.15, -0.1) is 0 Å². The number of amides is 3. The van der Waals surface area contributed by atoms with Gasteiger partial charge in [-0.1, -0.05) is 0 Å². The fourth-order valence-electron chi connectivity index (χ4n) is 2.78. The van der Waals surface area contributed by atoms with E-state index in [0.29, 0.717) is 24.3 Å². The molecule has 8 heteroatoms. The van der Waals surface area contributed by atoms with E-state index in [4.69, 9.17) is 4.74 Å². The van der Waals surface area contributed by atoms with E-state index in [9.17, 15) is 18.8 Å². The number of hydrogen-bond acceptors (Lipinski definition) is 4. The molecule has 2 aromatic carbocycles. The number of nitrogens with zero attached hydrogens (tertiary/aromatic N) is 1. The van der Waals surface area contributed by atoms with Crippen molar-refractivity contribution in [2.75, 3.05) is 11.4 Å². The molecule has 0 aromatic heterocycles. The first-order chi connectivity index (χ1) is 13.4. The van der Waals surface area contributed by atoms with E-state index >= 15 is 0 Å². The maximum atomic E-state index is 12.9. The largest absolute Gasteiger partial charge is 0.481 e. The molecule has 0 radical (unpaired) electrons. The van der Waals surface area contributed by atoms with Gasteiger partial charge in [-0.25, -0.2) is 4.39 Å². The van der Waals surface area contributed by atoms with Crippen LogP contribution in [0.15, 0.2) is 48.5 Å². The molecule has 0 bridgehead atoms. The van der Waals surface area contributed by atoms with E-state index in [-0.39, 0.29) is 5.91 Å². The number of ether oxygens (including phenoxy) is 1. The van der Waals surface area contributed by atoms with E-state index in [2.05, 4.69) is 10.9 Å². The summed E-state index contributed by atoms with van der Waals surface area (Å²) in [6.45, 7) is 2.18. The Morgan fingerprint density at radius 3 is 2.36 bits per heavy atom. The number of carbonyl (C=O) groups is 3. The van der Waals surface area contributed by atoms with Gasteiger partial charge in [0.05, 0.1) is 0 Å². The van der Waals surface area contributed by atoms with Crippen LogP contribution in [0.5, 0.6) is 5.75 Å². The summed E-state index contributed by atoms with van der Waals surface area (Å²) in [5, 5.41) is 0. The predicted octanol–water partition coefficient (Wildman–Crippen LogP) is 2.18. The van der Waals surface area contributed by atoms with Gasteiger partial charge in [0, 0.05) is 24.2 Å². The molecule has 0 unspecified atom stereocenters. The molecule has 3 rings (SSSR count). The third-order valence-electron chi connectivity index (χ3n) is 4.31. The fourth-order valence-corrected chi connectivity index (χ4v) is 2.78. The second-order valence-corrected chi connectivity index (χ2v) is 6.35. The van der Waals surface area contributed by atoms with Gasteiger partial charge in [0.15, 0.2) is 6.10 Å². The zero-order valence-electron chi connectivity index (χ0n) is 15.3. The maximum Gasteiger partial charge on any atom is 0.279 e. The zero-order valence-corrected chi connectivity index (χ0v) is 15.3. The topological polar surface area (TPSA) is 87.7 Å². The number of hydrogen-bond donors (Lipinski definition) is 2. The molecule has 28 heavy (non-hydrogen) atoms. The summed E-state index contributed by atoms with van der Waals surface area (Å²) in [5.74, 6) is -1.06. The number of nitrogens with one attached hydrogen (secondary N) is 2. The molecule has 0 saturated carbocycles. The number of rotatable bonds is 5. The Hall–Kier alpha value is -3.42. The fraction of sp³-hybridized carbons (Fsp3) is 0.250. The third kappa shape index (κ3) is 4.64. The van der Waals surface area contributed by atoms with Crippen LogP contribution in [0, 0.1) is 5.82 Å². The van der Waals surface area contributed by atoms with E-state index in [1.165, 1.54) is 31.2 Å². The Kier molecular flexibility index (Phi) is 5.88. The quantitative estimate of drug-likeness (QED) is 0.773. The van der Waals surface area contributed by atoms with Crippen LogP contribution in [0.3, 0.4) is 0 Å². The molecule has 1 heterocycles. The summed E-state index contributed by atoms with van der Waals surface area (Å²) >= 11 is 0. The Labute approximate surface area is 161 Å². The van der Waals surface area contributed by atoms with Gasteiger partial charge in [-0.2, -0.15) is 0 Å². The maximum absolute atomic E-state index is 12.9. The number of carbonyl (C=O) groups excluding carboxylic acids is 3. The molecule has 146 valence electrons. The van der Waals surface area contributed by atoms with E-state index in [1.807, 2.05) is 0 Å². The van der Waals surface area contributed by atoms with Gasteiger partial charge in [0.1, 0.15) is 11.6 Å². The van der Waals surface area contributed by atoms with Gasteiger partial charge in [0.2, 0.25) is 5.91 Å². The lowest BCUT2D eigenvalue weighted by Crippen LogP contribution is -2.47. The normalized spacial score (nSPS) is 14.5. The lowest BCUT2D eigenvalue weighted by atomic mass is 10.2. The van der Waals surface area contributed by atoms with Crippen molar-refractivity contribution in [3.05, 3.63) is 59.9 Å².